The third-order valence-electron chi connectivity index (χ3n) is 4.75. The van der Waals surface area contributed by atoms with E-state index in [0.717, 1.165) is 43.2 Å². The number of aromatic hydroxyl groups is 2. The van der Waals surface area contributed by atoms with Crippen molar-refractivity contribution in [1.82, 2.24) is 0 Å². The van der Waals surface area contributed by atoms with E-state index in [0.29, 0.717) is 16.6 Å². The Bertz CT molecular complexity index is 518. The molecule has 0 radical (unpaired) electrons. The molecule has 0 spiro atoms. The lowest BCUT2D eigenvalue weighted by molar-refractivity contribution is 0.357. The van der Waals surface area contributed by atoms with Gasteiger partial charge in [0, 0.05) is 0 Å². The van der Waals surface area contributed by atoms with Gasteiger partial charge in [-0.2, -0.15) is 0 Å². The van der Waals surface area contributed by atoms with Crippen LogP contribution in [0.2, 0.25) is 0 Å². The van der Waals surface area contributed by atoms with Crippen molar-refractivity contribution in [3.05, 3.63) is 23.3 Å². The van der Waals surface area contributed by atoms with E-state index in [9.17, 15) is 10.2 Å². The summed E-state index contributed by atoms with van der Waals surface area (Å²) >= 11 is 0. The zero-order valence-corrected chi connectivity index (χ0v) is 17.4. The molecule has 144 valence electrons. The number of hydrogen-bond acceptors (Lipinski definition) is 2. The summed E-state index contributed by atoms with van der Waals surface area (Å²) in [7, 11) is 0. The third-order valence-corrected chi connectivity index (χ3v) is 4.75. The Kier molecular flexibility index (Phi) is 8.31. The molecule has 0 heterocycles. The van der Waals surface area contributed by atoms with Crippen molar-refractivity contribution in [3.8, 4) is 11.5 Å². The lowest BCUT2D eigenvalue weighted by Gasteiger charge is -2.18. The summed E-state index contributed by atoms with van der Waals surface area (Å²) in [6, 6.07) is 3.47. The molecule has 0 saturated heterocycles. The molecule has 0 aliphatic carbocycles. The number of phenolic OH excluding ortho intramolecular Hbond substituents is 2. The fraction of sp³-hybridized carbons (Fsp3) is 0.739. The standard InChI is InChI=1S/C23H40O2/c1-22(2,3)14-10-7-8-12-18-16-20(24)17-19(21(18)25)13-9-11-15-23(4,5)6/h16-17,24-25H,7-15H2,1-6H3. The maximum absolute atomic E-state index is 10.5. The molecular weight excluding hydrogens is 308 g/mol. The number of rotatable bonds is 9. The van der Waals surface area contributed by atoms with Crippen LogP contribution < -0.4 is 0 Å². The van der Waals surface area contributed by atoms with Crippen LogP contribution in [-0.2, 0) is 12.8 Å². The van der Waals surface area contributed by atoms with Crippen LogP contribution in [0, 0.1) is 10.8 Å². The summed E-state index contributed by atoms with van der Waals surface area (Å²) in [5, 5.41) is 20.5. The molecule has 0 atom stereocenters. The summed E-state index contributed by atoms with van der Waals surface area (Å²) in [6.45, 7) is 13.6. The van der Waals surface area contributed by atoms with Crippen LogP contribution >= 0.6 is 0 Å². The Morgan fingerprint density at radius 2 is 1.04 bits per heavy atom. The smallest absolute Gasteiger partial charge is 0.122 e. The first-order valence-electron chi connectivity index (χ1n) is 10.0. The lowest BCUT2D eigenvalue weighted by atomic mass is 9.88. The normalized spacial score (nSPS) is 12.6. The minimum atomic E-state index is 0.285. The van der Waals surface area contributed by atoms with Crippen molar-refractivity contribution in [1.29, 1.82) is 0 Å². The van der Waals surface area contributed by atoms with Gasteiger partial charge in [-0.1, -0.05) is 60.8 Å². The minimum Gasteiger partial charge on any atom is -0.508 e. The SMILES string of the molecule is CC(C)(C)CCCCCc1cc(O)cc(CCCCC(C)(C)C)c1O. The highest BCUT2D eigenvalue weighted by molar-refractivity contribution is 5.46. The Morgan fingerprint density at radius 1 is 0.640 bits per heavy atom. The van der Waals surface area contributed by atoms with Gasteiger partial charge >= 0.3 is 0 Å². The summed E-state index contributed by atoms with van der Waals surface area (Å²) in [5.41, 5.74) is 2.56. The molecule has 2 nitrogen and oxygen atoms in total. The Labute approximate surface area is 155 Å². The second-order valence-electron chi connectivity index (χ2n) is 10.0. The highest BCUT2D eigenvalue weighted by Gasteiger charge is 2.13. The van der Waals surface area contributed by atoms with Gasteiger partial charge in [0.25, 0.3) is 0 Å². The number of unbranched alkanes of at least 4 members (excludes halogenated alkanes) is 3. The number of benzene rings is 1. The minimum absolute atomic E-state index is 0.285. The van der Waals surface area contributed by atoms with E-state index in [4.69, 9.17) is 0 Å². The first kappa shape index (κ1) is 21.9. The van der Waals surface area contributed by atoms with Crippen LogP contribution in [0.1, 0.15) is 97.6 Å². The number of phenols is 2. The average Bonchev–Trinajstić information content (AvgIpc) is 2.45. The van der Waals surface area contributed by atoms with E-state index in [-0.39, 0.29) is 5.75 Å². The van der Waals surface area contributed by atoms with Gasteiger partial charge in [0.1, 0.15) is 11.5 Å². The molecule has 1 aromatic carbocycles. The van der Waals surface area contributed by atoms with E-state index >= 15 is 0 Å². The van der Waals surface area contributed by atoms with Crippen molar-refractivity contribution in [2.45, 2.75) is 99.3 Å². The predicted molar refractivity (Wildman–Crippen MR) is 108 cm³/mol. The monoisotopic (exact) mass is 348 g/mol. The Hall–Kier alpha value is -1.18. The zero-order chi connectivity index (χ0) is 19.1. The van der Waals surface area contributed by atoms with Gasteiger partial charge in [-0.3, -0.25) is 0 Å². The van der Waals surface area contributed by atoms with Crippen LogP contribution in [-0.4, -0.2) is 10.2 Å². The number of aryl methyl sites for hydroxylation is 2. The second-order valence-corrected chi connectivity index (χ2v) is 10.0. The predicted octanol–water partition coefficient (Wildman–Crippen LogP) is 7.01. The largest absolute Gasteiger partial charge is 0.508 e. The molecule has 2 N–H and O–H groups in total. The van der Waals surface area contributed by atoms with E-state index in [2.05, 4.69) is 41.5 Å². The van der Waals surface area contributed by atoms with Crippen LogP contribution in [0.5, 0.6) is 11.5 Å². The van der Waals surface area contributed by atoms with Gasteiger partial charge in [0.15, 0.2) is 0 Å². The van der Waals surface area contributed by atoms with E-state index < -0.39 is 0 Å². The molecule has 0 aliphatic rings. The summed E-state index contributed by atoms with van der Waals surface area (Å²) in [6.07, 6.45) is 9.78. The van der Waals surface area contributed by atoms with Crippen molar-refractivity contribution in [2.75, 3.05) is 0 Å². The van der Waals surface area contributed by atoms with Crippen LogP contribution in [0.4, 0.5) is 0 Å². The molecule has 0 fully saturated rings. The van der Waals surface area contributed by atoms with Gasteiger partial charge in [0.2, 0.25) is 0 Å². The van der Waals surface area contributed by atoms with Crippen molar-refractivity contribution < 1.29 is 10.2 Å². The topological polar surface area (TPSA) is 40.5 Å². The second kappa shape index (κ2) is 9.50. The Balaban J connectivity index is 2.51. The molecule has 1 aromatic rings. The first-order valence-corrected chi connectivity index (χ1v) is 10.0. The fourth-order valence-corrected chi connectivity index (χ4v) is 3.24. The molecule has 0 unspecified atom stereocenters. The van der Waals surface area contributed by atoms with E-state index in [1.54, 1.807) is 12.1 Å². The van der Waals surface area contributed by atoms with Gasteiger partial charge in [-0.05, 0) is 72.6 Å². The molecular formula is C23H40O2. The van der Waals surface area contributed by atoms with E-state index in [1.807, 2.05) is 0 Å². The maximum atomic E-state index is 10.5. The molecule has 0 aliphatic heterocycles. The average molecular weight is 349 g/mol. The third kappa shape index (κ3) is 9.77. The molecule has 0 aromatic heterocycles. The van der Waals surface area contributed by atoms with Crippen molar-refractivity contribution >= 4 is 0 Å². The van der Waals surface area contributed by atoms with Crippen LogP contribution in [0.25, 0.3) is 0 Å². The zero-order valence-electron chi connectivity index (χ0n) is 17.4. The number of hydrogen-bond donors (Lipinski definition) is 2. The van der Waals surface area contributed by atoms with Crippen LogP contribution in [0.15, 0.2) is 12.1 Å². The maximum Gasteiger partial charge on any atom is 0.122 e. The van der Waals surface area contributed by atoms with Crippen molar-refractivity contribution in [3.63, 3.8) is 0 Å². The van der Waals surface area contributed by atoms with Gasteiger partial charge in [-0.15, -0.1) is 0 Å². The lowest BCUT2D eigenvalue weighted by Crippen LogP contribution is -2.04. The highest BCUT2D eigenvalue weighted by Crippen LogP contribution is 2.31. The molecule has 0 saturated carbocycles. The first-order chi connectivity index (χ1) is 11.5. The van der Waals surface area contributed by atoms with Crippen LogP contribution in [0.3, 0.4) is 0 Å². The summed E-state index contributed by atoms with van der Waals surface area (Å²) in [4.78, 5) is 0. The van der Waals surface area contributed by atoms with Gasteiger partial charge < -0.3 is 10.2 Å². The molecule has 25 heavy (non-hydrogen) atoms. The van der Waals surface area contributed by atoms with Crippen molar-refractivity contribution in [2.24, 2.45) is 10.8 Å². The van der Waals surface area contributed by atoms with E-state index in [1.165, 1.54) is 25.7 Å². The summed E-state index contributed by atoms with van der Waals surface area (Å²) in [5.74, 6) is 0.692. The highest BCUT2D eigenvalue weighted by atomic mass is 16.3. The quantitative estimate of drug-likeness (QED) is 0.372. The molecule has 0 bridgehead atoms. The Morgan fingerprint density at radius 3 is 1.48 bits per heavy atom. The molecule has 2 heteroatoms. The van der Waals surface area contributed by atoms with Gasteiger partial charge in [-0.25, -0.2) is 0 Å². The van der Waals surface area contributed by atoms with Gasteiger partial charge in [0.05, 0.1) is 0 Å². The molecule has 0 amide bonds. The fourth-order valence-electron chi connectivity index (χ4n) is 3.24. The summed E-state index contributed by atoms with van der Waals surface area (Å²) < 4.78 is 0. The molecule has 1 rings (SSSR count).